The molecule has 2 N–H and O–H groups in total. The second-order valence-corrected chi connectivity index (χ2v) is 5.63. The van der Waals surface area contributed by atoms with Crippen molar-refractivity contribution in [3.8, 4) is 5.75 Å². The monoisotopic (exact) mass is 301 g/mol. The highest BCUT2D eigenvalue weighted by Gasteiger charge is 2.33. The predicted octanol–water partition coefficient (Wildman–Crippen LogP) is 4.51. The van der Waals surface area contributed by atoms with Crippen LogP contribution in [0.1, 0.15) is 50.2 Å². The first-order valence-electron chi connectivity index (χ1n) is 7.52. The first kappa shape index (κ1) is 16.1. The van der Waals surface area contributed by atoms with Crippen LogP contribution in [-0.2, 0) is 12.7 Å². The van der Waals surface area contributed by atoms with Crippen LogP contribution in [0.2, 0.25) is 0 Å². The lowest BCUT2D eigenvalue weighted by molar-refractivity contribution is -0.138. The van der Waals surface area contributed by atoms with Gasteiger partial charge in [-0.05, 0) is 55.4 Å². The number of ether oxygens (including phenoxy) is 1. The number of benzene rings is 1. The Hall–Kier alpha value is -1.23. The third kappa shape index (κ3) is 3.90. The first-order valence-corrected chi connectivity index (χ1v) is 7.52. The summed E-state index contributed by atoms with van der Waals surface area (Å²) in [6.07, 6.45) is 1.19. The molecule has 1 aromatic rings. The minimum atomic E-state index is -4.37. The zero-order valence-corrected chi connectivity index (χ0v) is 12.2. The largest absolute Gasteiger partial charge is 0.490 e. The van der Waals surface area contributed by atoms with Gasteiger partial charge in [0.2, 0.25) is 0 Å². The number of rotatable bonds is 4. The topological polar surface area (TPSA) is 35.2 Å². The number of hydrogen-bond donors (Lipinski definition) is 1. The van der Waals surface area contributed by atoms with Crippen molar-refractivity contribution >= 4 is 0 Å². The normalized spacial score (nSPS) is 23.1. The van der Waals surface area contributed by atoms with E-state index in [1.165, 1.54) is 18.6 Å². The molecular weight excluding hydrogens is 279 g/mol. The van der Waals surface area contributed by atoms with Gasteiger partial charge < -0.3 is 10.5 Å². The predicted molar refractivity (Wildman–Crippen MR) is 76.0 cm³/mol. The molecule has 0 bridgehead atoms. The minimum Gasteiger partial charge on any atom is -0.490 e. The van der Waals surface area contributed by atoms with Gasteiger partial charge in [0.1, 0.15) is 11.9 Å². The molecule has 5 heteroatoms. The lowest BCUT2D eigenvalue weighted by atomic mass is 9.85. The molecule has 1 fully saturated rings. The van der Waals surface area contributed by atoms with Crippen LogP contribution in [0.15, 0.2) is 18.2 Å². The van der Waals surface area contributed by atoms with E-state index in [-0.39, 0.29) is 18.2 Å². The second-order valence-electron chi connectivity index (χ2n) is 5.63. The molecule has 0 heterocycles. The summed E-state index contributed by atoms with van der Waals surface area (Å²) in [4.78, 5) is 0. The Bertz CT molecular complexity index is 473. The van der Waals surface area contributed by atoms with Crippen LogP contribution in [0, 0.1) is 5.92 Å². The number of nitrogens with two attached hydrogens (primary N) is 1. The van der Waals surface area contributed by atoms with E-state index < -0.39 is 11.7 Å². The fraction of sp³-hybridized carbons (Fsp3) is 0.625. The molecule has 2 rings (SSSR count). The molecule has 2 nitrogen and oxygen atoms in total. The standard InChI is InChI=1S/C16H22F3NO/c1-2-11-5-3-4-6-15(11)21-13-7-8-14(16(17,18)19)12(9-13)10-20/h7-9,11,15H,2-6,10,20H2,1H3. The minimum absolute atomic E-state index is 0.0869. The van der Waals surface area contributed by atoms with E-state index >= 15 is 0 Å². The highest BCUT2D eigenvalue weighted by molar-refractivity contribution is 5.37. The number of halogens is 3. The lowest BCUT2D eigenvalue weighted by Gasteiger charge is -2.31. The van der Waals surface area contributed by atoms with Gasteiger partial charge in [-0.1, -0.05) is 13.3 Å². The van der Waals surface area contributed by atoms with E-state index in [9.17, 15) is 13.2 Å². The van der Waals surface area contributed by atoms with Gasteiger partial charge in [0.15, 0.2) is 0 Å². The highest BCUT2D eigenvalue weighted by atomic mass is 19.4. The molecule has 2 unspecified atom stereocenters. The maximum atomic E-state index is 12.8. The molecule has 0 aromatic heterocycles. The lowest BCUT2D eigenvalue weighted by Crippen LogP contribution is -2.30. The molecule has 118 valence electrons. The quantitative estimate of drug-likeness (QED) is 0.888. The highest BCUT2D eigenvalue weighted by Crippen LogP contribution is 2.35. The Kier molecular flexibility index (Phi) is 5.14. The fourth-order valence-corrected chi connectivity index (χ4v) is 3.06. The van der Waals surface area contributed by atoms with Crippen molar-refractivity contribution < 1.29 is 17.9 Å². The van der Waals surface area contributed by atoms with Gasteiger partial charge in [0, 0.05) is 6.54 Å². The van der Waals surface area contributed by atoms with Crippen molar-refractivity contribution in [2.45, 2.75) is 57.9 Å². The van der Waals surface area contributed by atoms with Gasteiger partial charge in [-0.15, -0.1) is 0 Å². The van der Waals surface area contributed by atoms with E-state index in [0.29, 0.717) is 11.7 Å². The molecule has 0 saturated heterocycles. The van der Waals surface area contributed by atoms with Crippen molar-refractivity contribution in [1.29, 1.82) is 0 Å². The molecular formula is C16H22F3NO. The fourth-order valence-electron chi connectivity index (χ4n) is 3.06. The Balaban J connectivity index is 2.17. The summed E-state index contributed by atoms with van der Waals surface area (Å²) in [7, 11) is 0. The van der Waals surface area contributed by atoms with Crippen molar-refractivity contribution in [3.63, 3.8) is 0 Å². The van der Waals surface area contributed by atoms with Crippen molar-refractivity contribution in [2.75, 3.05) is 0 Å². The molecule has 2 atom stereocenters. The van der Waals surface area contributed by atoms with Gasteiger partial charge in [-0.2, -0.15) is 13.2 Å². The third-order valence-electron chi connectivity index (χ3n) is 4.25. The van der Waals surface area contributed by atoms with E-state index in [1.807, 2.05) is 0 Å². The molecule has 0 aliphatic heterocycles. The van der Waals surface area contributed by atoms with Gasteiger partial charge in [0.05, 0.1) is 5.56 Å². The Labute approximate surface area is 123 Å². The summed E-state index contributed by atoms with van der Waals surface area (Å²) in [5, 5.41) is 0. The van der Waals surface area contributed by atoms with Crippen molar-refractivity contribution in [1.82, 2.24) is 0 Å². The van der Waals surface area contributed by atoms with Crippen LogP contribution in [-0.4, -0.2) is 6.10 Å². The molecule has 21 heavy (non-hydrogen) atoms. The van der Waals surface area contributed by atoms with Gasteiger partial charge in [-0.25, -0.2) is 0 Å². The van der Waals surface area contributed by atoms with Gasteiger partial charge >= 0.3 is 6.18 Å². The zero-order chi connectivity index (χ0) is 15.5. The second kappa shape index (κ2) is 6.69. The molecule has 1 aromatic carbocycles. The average molecular weight is 301 g/mol. The summed E-state index contributed by atoms with van der Waals surface area (Å²) < 4.78 is 44.5. The summed E-state index contributed by atoms with van der Waals surface area (Å²) in [6, 6.07) is 3.91. The average Bonchev–Trinajstić information content (AvgIpc) is 2.46. The van der Waals surface area contributed by atoms with Crippen molar-refractivity contribution in [3.05, 3.63) is 29.3 Å². The maximum absolute atomic E-state index is 12.8. The number of alkyl halides is 3. The Morgan fingerprint density at radius 1 is 1.24 bits per heavy atom. The summed E-state index contributed by atoms with van der Waals surface area (Å²) in [5.41, 5.74) is 4.86. The van der Waals surface area contributed by atoms with Crippen LogP contribution < -0.4 is 10.5 Å². The molecule has 0 amide bonds. The zero-order valence-electron chi connectivity index (χ0n) is 12.2. The van der Waals surface area contributed by atoms with Crippen LogP contribution in [0.3, 0.4) is 0 Å². The summed E-state index contributed by atoms with van der Waals surface area (Å²) in [6.45, 7) is 1.98. The van der Waals surface area contributed by atoms with Crippen LogP contribution >= 0.6 is 0 Å². The molecule has 1 aliphatic rings. The molecule has 1 aliphatic carbocycles. The van der Waals surface area contributed by atoms with E-state index in [0.717, 1.165) is 31.7 Å². The van der Waals surface area contributed by atoms with Crippen LogP contribution in [0.4, 0.5) is 13.2 Å². The van der Waals surface area contributed by atoms with Gasteiger partial charge in [-0.3, -0.25) is 0 Å². The van der Waals surface area contributed by atoms with E-state index in [4.69, 9.17) is 10.5 Å². The van der Waals surface area contributed by atoms with Crippen molar-refractivity contribution in [2.24, 2.45) is 11.7 Å². The Morgan fingerprint density at radius 2 is 1.95 bits per heavy atom. The van der Waals surface area contributed by atoms with Crippen LogP contribution in [0.5, 0.6) is 5.75 Å². The smallest absolute Gasteiger partial charge is 0.416 e. The number of hydrogen-bond acceptors (Lipinski definition) is 2. The van der Waals surface area contributed by atoms with E-state index in [1.54, 1.807) is 0 Å². The molecule has 0 spiro atoms. The third-order valence-corrected chi connectivity index (χ3v) is 4.25. The molecule has 0 radical (unpaired) electrons. The Morgan fingerprint density at radius 3 is 2.57 bits per heavy atom. The summed E-state index contributed by atoms with van der Waals surface area (Å²) in [5.74, 6) is 0.983. The maximum Gasteiger partial charge on any atom is 0.416 e. The first-order chi connectivity index (χ1) is 9.95. The summed E-state index contributed by atoms with van der Waals surface area (Å²) >= 11 is 0. The molecule has 1 saturated carbocycles. The van der Waals surface area contributed by atoms with E-state index in [2.05, 4.69) is 6.92 Å². The van der Waals surface area contributed by atoms with Crippen LogP contribution in [0.25, 0.3) is 0 Å². The SMILES string of the molecule is CCC1CCCCC1Oc1ccc(C(F)(F)F)c(CN)c1. The van der Waals surface area contributed by atoms with Gasteiger partial charge in [0.25, 0.3) is 0 Å².